The van der Waals surface area contributed by atoms with Gasteiger partial charge in [0.2, 0.25) is 0 Å². The van der Waals surface area contributed by atoms with Crippen molar-refractivity contribution in [3.63, 3.8) is 0 Å². The average molecular weight is 292 g/mol. The van der Waals surface area contributed by atoms with E-state index in [-0.39, 0.29) is 12.5 Å². The van der Waals surface area contributed by atoms with Gasteiger partial charge in [-0.05, 0) is 12.1 Å². The Morgan fingerprint density at radius 1 is 1.30 bits per heavy atom. The maximum atomic E-state index is 11.6. The predicted molar refractivity (Wildman–Crippen MR) is 73.5 cm³/mol. The van der Waals surface area contributed by atoms with Crippen molar-refractivity contribution in [2.75, 3.05) is 5.32 Å². The van der Waals surface area contributed by atoms with Gasteiger partial charge >= 0.3 is 12.0 Å². The maximum Gasteiger partial charge on any atom is 0.319 e. The first-order valence-corrected chi connectivity index (χ1v) is 6.60. The van der Waals surface area contributed by atoms with Crippen LogP contribution < -0.4 is 10.6 Å². The van der Waals surface area contributed by atoms with E-state index < -0.39 is 5.97 Å². The van der Waals surface area contributed by atoms with Crippen LogP contribution >= 0.6 is 11.3 Å². The van der Waals surface area contributed by atoms with Crippen molar-refractivity contribution in [1.29, 1.82) is 0 Å². The molecule has 20 heavy (non-hydrogen) atoms. The van der Waals surface area contributed by atoms with E-state index in [9.17, 15) is 9.59 Å². The Bertz CT molecular complexity index is 583. The number of rotatable bonds is 5. The molecule has 8 heteroatoms. The van der Waals surface area contributed by atoms with Crippen molar-refractivity contribution < 1.29 is 14.7 Å². The quantitative estimate of drug-likeness (QED) is 0.774. The van der Waals surface area contributed by atoms with Crippen LogP contribution in [-0.4, -0.2) is 27.1 Å². The molecule has 0 saturated carbocycles. The van der Waals surface area contributed by atoms with Crippen LogP contribution in [0, 0.1) is 0 Å². The third kappa shape index (κ3) is 4.32. The molecule has 0 aliphatic heterocycles. The van der Waals surface area contributed by atoms with Gasteiger partial charge in [0, 0.05) is 11.1 Å². The van der Waals surface area contributed by atoms with Crippen LogP contribution in [0.2, 0.25) is 0 Å². The molecule has 0 bridgehead atoms. The van der Waals surface area contributed by atoms with Crippen LogP contribution in [0.5, 0.6) is 0 Å². The van der Waals surface area contributed by atoms with E-state index in [1.54, 1.807) is 23.8 Å². The molecule has 0 aromatic carbocycles. The number of carboxylic acid groups (broad SMARTS) is 1. The van der Waals surface area contributed by atoms with Gasteiger partial charge in [-0.1, -0.05) is 0 Å². The number of aliphatic carboxylic acids is 1. The van der Waals surface area contributed by atoms with Crippen molar-refractivity contribution in [3.05, 3.63) is 40.6 Å². The second-order valence-electron chi connectivity index (χ2n) is 3.88. The molecule has 2 aromatic rings. The highest BCUT2D eigenvalue weighted by atomic mass is 32.1. The zero-order valence-corrected chi connectivity index (χ0v) is 11.2. The fourth-order valence-electron chi connectivity index (χ4n) is 1.43. The van der Waals surface area contributed by atoms with Crippen LogP contribution in [0.25, 0.3) is 0 Å². The molecule has 0 aliphatic rings. The average Bonchev–Trinajstić information content (AvgIpc) is 2.91. The summed E-state index contributed by atoms with van der Waals surface area (Å²) in [6.07, 6.45) is 2.97. The monoisotopic (exact) mass is 292 g/mol. The molecule has 0 radical (unpaired) electrons. The number of hydrogen-bond donors (Lipinski definition) is 3. The molecular weight excluding hydrogens is 280 g/mol. The van der Waals surface area contributed by atoms with Gasteiger partial charge in [-0.15, -0.1) is 11.3 Å². The molecule has 2 rings (SSSR count). The molecular formula is C12H12N4O3S. The SMILES string of the molecule is O=C(O)Cc1ccc(NC(=O)NCc2cncs2)cn1. The lowest BCUT2D eigenvalue weighted by atomic mass is 10.2. The standard InChI is InChI=1S/C12H12N4O3S/c17-11(18)3-8-1-2-9(4-14-8)16-12(19)15-6-10-5-13-7-20-10/h1-2,4-5,7H,3,6H2,(H,17,18)(H2,15,16,19). The second-order valence-corrected chi connectivity index (χ2v) is 4.86. The van der Waals surface area contributed by atoms with E-state index in [2.05, 4.69) is 20.6 Å². The number of carbonyl (C=O) groups excluding carboxylic acids is 1. The van der Waals surface area contributed by atoms with Gasteiger partial charge < -0.3 is 15.7 Å². The van der Waals surface area contributed by atoms with Crippen molar-refractivity contribution in [2.24, 2.45) is 0 Å². The van der Waals surface area contributed by atoms with Crippen LogP contribution in [0.1, 0.15) is 10.6 Å². The third-order valence-corrected chi connectivity index (χ3v) is 3.10. The maximum absolute atomic E-state index is 11.6. The number of carboxylic acids is 1. The van der Waals surface area contributed by atoms with Crippen molar-refractivity contribution in [1.82, 2.24) is 15.3 Å². The van der Waals surface area contributed by atoms with E-state index in [1.165, 1.54) is 17.5 Å². The number of anilines is 1. The lowest BCUT2D eigenvalue weighted by Crippen LogP contribution is -2.27. The van der Waals surface area contributed by atoms with Gasteiger partial charge in [0.25, 0.3) is 0 Å². The molecule has 104 valence electrons. The van der Waals surface area contributed by atoms with Crippen molar-refractivity contribution >= 4 is 29.0 Å². The lowest BCUT2D eigenvalue weighted by Gasteiger charge is -2.06. The Kier molecular flexibility index (Phi) is 4.61. The highest BCUT2D eigenvalue weighted by Gasteiger charge is 2.05. The minimum atomic E-state index is -0.944. The first kappa shape index (κ1) is 13.9. The van der Waals surface area contributed by atoms with E-state index in [0.29, 0.717) is 17.9 Å². The Morgan fingerprint density at radius 3 is 2.75 bits per heavy atom. The molecule has 0 saturated heterocycles. The van der Waals surface area contributed by atoms with Crippen molar-refractivity contribution in [2.45, 2.75) is 13.0 Å². The molecule has 0 atom stereocenters. The summed E-state index contributed by atoms with van der Waals surface area (Å²) in [6, 6.07) is 2.82. The second kappa shape index (κ2) is 6.62. The number of hydrogen-bond acceptors (Lipinski definition) is 5. The summed E-state index contributed by atoms with van der Waals surface area (Å²) in [6.45, 7) is 0.404. The largest absolute Gasteiger partial charge is 0.481 e. The molecule has 2 aromatic heterocycles. The number of thiazole rings is 1. The lowest BCUT2D eigenvalue weighted by molar-refractivity contribution is -0.136. The highest BCUT2D eigenvalue weighted by Crippen LogP contribution is 2.07. The molecule has 2 heterocycles. The van der Waals surface area contributed by atoms with E-state index in [4.69, 9.17) is 5.11 Å². The number of pyridine rings is 1. The summed E-state index contributed by atoms with van der Waals surface area (Å²) in [7, 11) is 0. The summed E-state index contributed by atoms with van der Waals surface area (Å²) in [4.78, 5) is 30.9. The first-order chi connectivity index (χ1) is 9.63. The van der Waals surface area contributed by atoms with Gasteiger partial charge in [-0.3, -0.25) is 14.8 Å². The predicted octanol–water partition coefficient (Wildman–Crippen LogP) is 1.49. The van der Waals surface area contributed by atoms with Crippen LogP contribution in [-0.2, 0) is 17.8 Å². The fourth-order valence-corrected chi connectivity index (χ4v) is 1.96. The number of nitrogens with zero attached hydrogens (tertiary/aromatic N) is 2. The molecule has 0 unspecified atom stereocenters. The first-order valence-electron chi connectivity index (χ1n) is 5.72. The smallest absolute Gasteiger partial charge is 0.319 e. The summed E-state index contributed by atoms with van der Waals surface area (Å²) >= 11 is 1.46. The van der Waals surface area contributed by atoms with Gasteiger partial charge in [-0.25, -0.2) is 4.79 Å². The number of nitrogens with one attached hydrogen (secondary N) is 2. The number of amides is 2. The number of urea groups is 1. The molecule has 0 aliphatic carbocycles. The van der Waals surface area contributed by atoms with Gasteiger partial charge in [0.15, 0.2) is 0 Å². The van der Waals surface area contributed by atoms with Crippen LogP contribution in [0.4, 0.5) is 10.5 Å². The van der Waals surface area contributed by atoms with E-state index in [0.717, 1.165) is 4.88 Å². The van der Waals surface area contributed by atoms with Gasteiger partial charge in [0.05, 0.1) is 36.1 Å². The molecule has 0 spiro atoms. The highest BCUT2D eigenvalue weighted by molar-refractivity contribution is 7.09. The van der Waals surface area contributed by atoms with E-state index >= 15 is 0 Å². The summed E-state index contributed by atoms with van der Waals surface area (Å²) < 4.78 is 0. The Hall–Kier alpha value is -2.48. The number of aromatic nitrogens is 2. The fraction of sp³-hybridized carbons (Fsp3) is 0.167. The molecule has 0 fully saturated rings. The normalized spacial score (nSPS) is 10.0. The van der Waals surface area contributed by atoms with Crippen LogP contribution in [0.15, 0.2) is 30.0 Å². The van der Waals surface area contributed by atoms with Crippen LogP contribution in [0.3, 0.4) is 0 Å². The van der Waals surface area contributed by atoms with Gasteiger partial charge in [0.1, 0.15) is 0 Å². The molecule has 3 N–H and O–H groups in total. The molecule has 2 amide bonds. The van der Waals surface area contributed by atoms with Gasteiger partial charge in [-0.2, -0.15) is 0 Å². The third-order valence-electron chi connectivity index (χ3n) is 2.32. The summed E-state index contributed by atoms with van der Waals surface area (Å²) in [5.41, 5.74) is 2.63. The Morgan fingerprint density at radius 2 is 2.15 bits per heavy atom. The molecule has 7 nitrogen and oxygen atoms in total. The zero-order valence-electron chi connectivity index (χ0n) is 10.4. The minimum absolute atomic E-state index is 0.141. The summed E-state index contributed by atoms with van der Waals surface area (Å²) in [5.74, 6) is -0.944. The Balaban J connectivity index is 1.83. The zero-order chi connectivity index (χ0) is 14.4. The van der Waals surface area contributed by atoms with E-state index in [1.807, 2.05) is 0 Å². The summed E-state index contributed by atoms with van der Waals surface area (Å²) in [5, 5.41) is 13.9. The van der Waals surface area contributed by atoms with Crippen molar-refractivity contribution in [3.8, 4) is 0 Å². The number of carbonyl (C=O) groups is 2. The Labute approximate surface area is 118 Å². The topological polar surface area (TPSA) is 104 Å². The minimum Gasteiger partial charge on any atom is -0.481 e.